The summed E-state index contributed by atoms with van der Waals surface area (Å²) in [4.78, 5) is 19.5. The summed E-state index contributed by atoms with van der Waals surface area (Å²) in [6, 6.07) is 14.7. The van der Waals surface area contributed by atoms with Crippen molar-refractivity contribution >= 4 is 17.7 Å². The van der Waals surface area contributed by atoms with Crippen molar-refractivity contribution in [2.24, 2.45) is 0 Å². The molecule has 1 aromatic heterocycles. The maximum atomic E-state index is 13.0. The van der Waals surface area contributed by atoms with Crippen molar-refractivity contribution in [2.45, 2.75) is 44.4 Å². The minimum Gasteiger partial charge on any atom is -0.497 e. The molecule has 0 saturated heterocycles. The maximum Gasteiger partial charge on any atom is 0.233 e. The van der Waals surface area contributed by atoms with Crippen LogP contribution in [0.3, 0.4) is 0 Å². The zero-order valence-corrected chi connectivity index (χ0v) is 18.5. The normalized spacial score (nSPS) is 13.3. The van der Waals surface area contributed by atoms with E-state index in [0.717, 1.165) is 35.0 Å². The molecular weight excluding hydrogens is 394 g/mol. The largest absolute Gasteiger partial charge is 0.497 e. The van der Waals surface area contributed by atoms with Gasteiger partial charge >= 0.3 is 0 Å². The number of imidazole rings is 1. The Kier molecular flexibility index (Phi) is 6.13. The van der Waals surface area contributed by atoms with E-state index in [9.17, 15) is 4.79 Å². The lowest BCUT2D eigenvalue weighted by atomic mass is 10.1. The van der Waals surface area contributed by atoms with Crippen LogP contribution in [0.4, 0.5) is 0 Å². The van der Waals surface area contributed by atoms with Gasteiger partial charge in [-0.1, -0.05) is 30.0 Å². The number of nitrogens with zero attached hydrogens (tertiary/aromatic N) is 3. The zero-order valence-electron chi connectivity index (χ0n) is 17.7. The van der Waals surface area contributed by atoms with E-state index in [-0.39, 0.29) is 5.91 Å². The number of thioether (sulfide) groups is 1. The van der Waals surface area contributed by atoms with Gasteiger partial charge in [0.25, 0.3) is 0 Å². The summed E-state index contributed by atoms with van der Waals surface area (Å²) in [6.45, 7) is 4.86. The van der Waals surface area contributed by atoms with Gasteiger partial charge in [0.05, 0.1) is 12.9 Å². The summed E-state index contributed by atoms with van der Waals surface area (Å²) in [7, 11) is 1.66. The number of ether oxygens (including phenoxy) is 1. The molecular formula is C24H27N3O2S. The van der Waals surface area contributed by atoms with Gasteiger partial charge in [0.1, 0.15) is 5.75 Å². The molecule has 6 heteroatoms. The molecule has 1 amide bonds. The molecule has 30 heavy (non-hydrogen) atoms. The van der Waals surface area contributed by atoms with E-state index < -0.39 is 0 Å². The summed E-state index contributed by atoms with van der Waals surface area (Å²) >= 11 is 1.50. The Morgan fingerprint density at radius 1 is 1.17 bits per heavy atom. The van der Waals surface area contributed by atoms with Crippen molar-refractivity contribution in [2.75, 3.05) is 12.9 Å². The average molecular weight is 422 g/mol. The van der Waals surface area contributed by atoms with Crippen LogP contribution in [0.5, 0.6) is 5.75 Å². The molecule has 156 valence electrons. The lowest BCUT2D eigenvalue weighted by Gasteiger charge is -2.22. The van der Waals surface area contributed by atoms with E-state index >= 15 is 0 Å². The van der Waals surface area contributed by atoms with Crippen molar-refractivity contribution in [3.05, 3.63) is 71.5 Å². The third kappa shape index (κ3) is 4.70. The lowest BCUT2D eigenvalue weighted by Crippen LogP contribution is -2.34. The standard InChI is InChI=1S/C24H27N3O2S/c1-17-4-7-21(14-18(17)2)26-13-12-25-24(26)30-16-23(28)27(20-8-9-20)15-19-5-10-22(29-3)11-6-19/h4-7,10-14,20H,8-9,15-16H2,1-3H3. The van der Waals surface area contributed by atoms with E-state index in [1.54, 1.807) is 13.3 Å². The maximum absolute atomic E-state index is 13.0. The molecule has 1 saturated carbocycles. The number of methoxy groups -OCH3 is 1. The van der Waals surface area contributed by atoms with E-state index in [4.69, 9.17) is 4.74 Å². The average Bonchev–Trinajstić information content (AvgIpc) is 3.49. The Labute approximate surface area is 182 Å². The number of hydrogen-bond acceptors (Lipinski definition) is 4. The summed E-state index contributed by atoms with van der Waals surface area (Å²) in [5.74, 6) is 1.37. The van der Waals surface area contributed by atoms with Crippen molar-refractivity contribution in [3.63, 3.8) is 0 Å². The molecule has 1 aliphatic rings. The first kappa shape index (κ1) is 20.5. The molecule has 0 aliphatic heterocycles. The first-order valence-electron chi connectivity index (χ1n) is 10.2. The fraction of sp³-hybridized carbons (Fsp3) is 0.333. The molecule has 0 spiro atoms. The van der Waals surface area contributed by atoms with E-state index in [1.165, 1.54) is 22.9 Å². The highest BCUT2D eigenvalue weighted by Gasteiger charge is 2.32. The monoisotopic (exact) mass is 421 g/mol. The molecule has 1 heterocycles. The smallest absolute Gasteiger partial charge is 0.233 e. The third-order valence-electron chi connectivity index (χ3n) is 5.52. The second-order valence-electron chi connectivity index (χ2n) is 7.74. The number of amides is 1. The fourth-order valence-corrected chi connectivity index (χ4v) is 4.27. The van der Waals surface area contributed by atoms with Gasteiger partial charge in [-0.15, -0.1) is 0 Å². The van der Waals surface area contributed by atoms with Gasteiger partial charge in [-0.05, 0) is 67.6 Å². The van der Waals surface area contributed by atoms with Crippen LogP contribution in [0, 0.1) is 13.8 Å². The van der Waals surface area contributed by atoms with Crippen molar-refractivity contribution in [3.8, 4) is 11.4 Å². The molecule has 0 atom stereocenters. The van der Waals surface area contributed by atoms with Crippen molar-refractivity contribution in [1.29, 1.82) is 0 Å². The predicted octanol–water partition coefficient (Wildman–Crippen LogP) is 4.78. The second kappa shape index (κ2) is 8.96. The minimum absolute atomic E-state index is 0.160. The van der Waals surface area contributed by atoms with E-state index in [1.807, 2.05) is 35.4 Å². The number of benzene rings is 2. The van der Waals surface area contributed by atoms with Gasteiger partial charge in [0, 0.05) is 30.7 Å². The van der Waals surface area contributed by atoms with Crippen LogP contribution in [0.1, 0.15) is 29.5 Å². The summed E-state index contributed by atoms with van der Waals surface area (Å²) in [6.07, 6.45) is 5.92. The van der Waals surface area contributed by atoms with Crippen molar-refractivity contribution < 1.29 is 9.53 Å². The molecule has 0 bridgehead atoms. The third-order valence-corrected chi connectivity index (χ3v) is 6.47. The SMILES string of the molecule is COc1ccc(CN(C(=O)CSc2nccn2-c2ccc(C)c(C)c2)C2CC2)cc1. The highest BCUT2D eigenvalue weighted by Crippen LogP contribution is 2.30. The Morgan fingerprint density at radius 2 is 1.93 bits per heavy atom. The number of aryl methyl sites for hydroxylation is 2. The molecule has 5 nitrogen and oxygen atoms in total. The Hall–Kier alpha value is -2.73. The predicted molar refractivity (Wildman–Crippen MR) is 120 cm³/mol. The molecule has 4 rings (SSSR count). The summed E-state index contributed by atoms with van der Waals surface area (Å²) in [5.41, 5.74) is 4.70. The number of carbonyl (C=O) groups excluding carboxylic acids is 1. The molecule has 2 aromatic carbocycles. The first-order chi connectivity index (χ1) is 14.5. The molecule has 0 unspecified atom stereocenters. The Balaban J connectivity index is 1.43. The van der Waals surface area contributed by atoms with Crippen LogP contribution in [-0.2, 0) is 11.3 Å². The minimum atomic E-state index is 0.160. The van der Waals surface area contributed by atoms with Crippen LogP contribution in [0.2, 0.25) is 0 Å². The van der Waals surface area contributed by atoms with Gasteiger partial charge in [0.15, 0.2) is 5.16 Å². The fourth-order valence-electron chi connectivity index (χ4n) is 3.41. The van der Waals surface area contributed by atoms with Crippen LogP contribution >= 0.6 is 11.8 Å². The van der Waals surface area contributed by atoms with Gasteiger partial charge < -0.3 is 9.64 Å². The summed E-state index contributed by atoms with van der Waals surface area (Å²) < 4.78 is 7.28. The van der Waals surface area contributed by atoms with Crippen LogP contribution in [-0.4, -0.2) is 39.3 Å². The highest BCUT2D eigenvalue weighted by atomic mass is 32.2. The molecule has 0 N–H and O–H groups in total. The van der Waals surface area contributed by atoms with Crippen LogP contribution < -0.4 is 4.74 Å². The number of rotatable bonds is 8. The first-order valence-corrected chi connectivity index (χ1v) is 11.2. The second-order valence-corrected chi connectivity index (χ2v) is 8.68. The van der Waals surface area contributed by atoms with Gasteiger partial charge in [-0.25, -0.2) is 4.98 Å². The Morgan fingerprint density at radius 3 is 2.60 bits per heavy atom. The topological polar surface area (TPSA) is 47.4 Å². The molecule has 0 radical (unpaired) electrons. The molecule has 3 aromatic rings. The van der Waals surface area contributed by atoms with E-state index in [0.29, 0.717) is 18.3 Å². The van der Waals surface area contributed by atoms with Gasteiger partial charge in [-0.2, -0.15) is 0 Å². The number of hydrogen-bond donors (Lipinski definition) is 0. The molecule has 1 fully saturated rings. The van der Waals surface area contributed by atoms with Crippen LogP contribution in [0.25, 0.3) is 5.69 Å². The quantitative estimate of drug-likeness (QED) is 0.491. The number of aromatic nitrogens is 2. The van der Waals surface area contributed by atoms with Gasteiger partial charge in [0.2, 0.25) is 5.91 Å². The summed E-state index contributed by atoms with van der Waals surface area (Å²) in [5, 5.41) is 0.840. The highest BCUT2D eigenvalue weighted by molar-refractivity contribution is 7.99. The zero-order chi connectivity index (χ0) is 21.1. The molecule has 1 aliphatic carbocycles. The van der Waals surface area contributed by atoms with Crippen LogP contribution in [0.15, 0.2) is 60.0 Å². The lowest BCUT2D eigenvalue weighted by molar-refractivity contribution is -0.129. The van der Waals surface area contributed by atoms with Crippen molar-refractivity contribution in [1.82, 2.24) is 14.5 Å². The van der Waals surface area contributed by atoms with Gasteiger partial charge in [-0.3, -0.25) is 9.36 Å². The number of carbonyl (C=O) groups is 1. The van der Waals surface area contributed by atoms with E-state index in [2.05, 4.69) is 41.6 Å². The Bertz CT molecular complexity index is 1030.